The van der Waals surface area contributed by atoms with Gasteiger partial charge in [0.25, 0.3) is 0 Å². The molecule has 0 unspecified atom stereocenters. The Morgan fingerprint density at radius 2 is 1.56 bits per heavy atom. The third-order valence-corrected chi connectivity index (χ3v) is 2.40. The summed E-state index contributed by atoms with van der Waals surface area (Å²) in [5, 5.41) is 0. The summed E-state index contributed by atoms with van der Waals surface area (Å²) in [7, 11) is 0. The highest BCUT2D eigenvalue weighted by Crippen LogP contribution is 2.34. The van der Waals surface area contributed by atoms with E-state index >= 15 is 0 Å². The van der Waals surface area contributed by atoms with Crippen molar-refractivity contribution in [3.05, 3.63) is 42.0 Å². The number of benzene rings is 1. The van der Waals surface area contributed by atoms with E-state index in [1.807, 2.05) is 0 Å². The second-order valence-corrected chi connectivity index (χ2v) is 5.04. The third kappa shape index (κ3) is 3.72. The fourth-order valence-corrected chi connectivity index (χ4v) is 1.29. The summed E-state index contributed by atoms with van der Waals surface area (Å²) in [6, 6.07) is 7.33. The molecule has 0 fully saturated rings. The van der Waals surface area contributed by atoms with Crippen molar-refractivity contribution < 1.29 is 18.0 Å². The Balaban J connectivity index is 3.25. The second-order valence-electron chi connectivity index (χ2n) is 5.04. The minimum absolute atomic E-state index is 0.00241. The molecule has 0 radical (unpaired) electrons. The fourth-order valence-electron chi connectivity index (χ4n) is 1.29. The van der Waals surface area contributed by atoms with Crippen LogP contribution in [0, 0.1) is 5.41 Å². The molecule has 0 heterocycles. The van der Waals surface area contributed by atoms with Gasteiger partial charge in [0.2, 0.25) is 0 Å². The van der Waals surface area contributed by atoms with Gasteiger partial charge in [-0.1, -0.05) is 51.1 Å². The number of rotatable bonds is 2. The average molecular weight is 256 g/mol. The predicted molar refractivity (Wildman–Crippen MR) is 64.9 cm³/mol. The number of carbonyl (C=O) groups is 1. The predicted octanol–water partition coefficient (Wildman–Crippen LogP) is 4.25. The molecule has 0 spiro atoms. The Hall–Kier alpha value is -1.58. The number of halogens is 3. The summed E-state index contributed by atoms with van der Waals surface area (Å²) >= 11 is 0. The van der Waals surface area contributed by atoms with Gasteiger partial charge in [-0.15, -0.1) is 0 Å². The van der Waals surface area contributed by atoms with E-state index in [0.29, 0.717) is 6.08 Å². The number of hydrogen-bond donors (Lipinski definition) is 0. The van der Waals surface area contributed by atoms with Gasteiger partial charge >= 0.3 is 6.18 Å². The zero-order valence-electron chi connectivity index (χ0n) is 10.5. The Morgan fingerprint density at radius 1 is 1.06 bits per heavy atom. The van der Waals surface area contributed by atoms with Crippen LogP contribution in [-0.4, -0.2) is 12.0 Å². The van der Waals surface area contributed by atoms with Crippen LogP contribution in [0.5, 0.6) is 0 Å². The highest BCUT2D eigenvalue weighted by atomic mass is 19.4. The van der Waals surface area contributed by atoms with Gasteiger partial charge in [0.15, 0.2) is 5.78 Å². The van der Waals surface area contributed by atoms with E-state index in [0.717, 1.165) is 0 Å². The molecule has 1 aromatic rings. The molecule has 98 valence electrons. The first-order valence-electron chi connectivity index (χ1n) is 5.51. The summed E-state index contributed by atoms with van der Waals surface area (Å²) in [5.74, 6) is -0.543. The number of ketones is 1. The molecule has 1 rings (SSSR count). The minimum atomic E-state index is -4.54. The first-order chi connectivity index (χ1) is 8.12. The molecule has 0 saturated heterocycles. The molecular formula is C14H15F3O. The molecule has 0 bridgehead atoms. The van der Waals surface area contributed by atoms with Crippen molar-refractivity contribution in [1.82, 2.24) is 0 Å². The number of carbonyl (C=O) groups excluding carboxylic acids is 1. The van der Waals surface area contributed by atoms with Crippen molar-refractivity contribution in [2.75, 3.05) is 0 Å². The minimum Gasteiger partial charge on any atom is -0.294 e. The van der Waals surface area contributed by atoms with Crippen LogP contribution in [0.1, 0.15) is 26.3 Å². The molecule has 18 heavy (non-hydrogen) atoms. The molecule has 0 atom stereocenters. The molecular weight excluding hydrogens is 241 g/mol. The van der Waals surface area contributed by atoms with E-state index in [1.165, 1.54) is 24.3 Å². The summed E-state index contributed by atoms with van der Waals surface area (Å²) in [4.78, 5) is 11.7. The third-order valence-electron chi connectivity index (χ3n) is 2.40. The van der Waals surface area contributed by atoms with Crippen molar-refractivity contribution in [1.29, 1.82) is 0 Å². The van der Waals surface area contributed by atoms with E-state index in [1.54, 1.807) is 26.8 Å². The van der Waals surface area contributed by atoms with Crippen molar-refractivity contribution >= 4 is 11.4 Å². The van der Waals surface area contributed by atoms with Crippen LogP contribution >= 0.6 is 0 Å². The maximum atomic E-state index is 12.9. The first kappa shape index (κ1) is 14.5. The van der Waals surface area contributed by atoms with Gasteiger partial charge in [-0.25, -0.2) is 0 Å². The molecule has 0 aromatic heterocycles. The number of allylic oxidation sites excluding steroid dienone is 2. The molecule has 0 aliphatic heterocycles. The van der Waals surface area contributed by atoms with Crippen LogP contribution in [0.15, 0.2) is 36.4 Å². The van der Waals surface area contributed by atoms with Crippen LogP contribution in [0.3, 0.4) is 0 Å². The lowest BCUT2D eigenvalue weighted by atomic mass is 9.88. The summed E-state index contributed by atoms with van der Waals surface area (Å²) in [6.07, 6.45) is -3.85. The topological polar surface area (TPSA) is 17.1 Å². The smallest absolute Gasteiger partial charge is 0.294 e. The van der Waals surface area contributed by atoms with Crippen LogP contribution < -0.4 is 0 Å². The lowest BCUT2D eigenvalue weighted by Crippen LogP contribution is -2.20. The molecule has 0 amide bonds. The first-order valence-corrected chi connectivity index (χ1v) is 5.51. The number of alkyl halides is 3. The summed E-state index contributed by atoms with van der Waals surface area (Å²) in [5.41, 5.74) is -1.73. The monoisotopic (exact) mass is 256 g/mol. The molecule has 1 nitrogen and oxygen atoms in total. The fraction of sp³-hybridized carbons (Fsp3) is 0.357. The lowest BCUT2D eigenvalue weighted by Gasteiger charge is -2.17. The van der Waals surface area contributed by atoms with Gasteiger partial charge in [0.05, 0.1) is 5.57 Å². The van der Waals surface area contributed by atoms with Crippen molar-refractivity contribution in [3.63, 3.8) is 0 Å². The van der Waals surface area contributed by atoms with Gasteiger partial charge in [-0.3, -0.25) is 4.79 Å². The SMILES string of the molecule is CC(C)(C)C(=O)C=C(c1ccccc1)C(F)(F)F. The Morgan fingerprint density at radius 3 is 1.94 bits per heavy atom. The summed E-state index contributed by atoms with van der Waals surface area (Å²) in [6.45, 7) is 4.76. The van der Waals surface area contributed by atoms with Crippen LogP contribution in [0.2, 0.25) is 0 Å². The second kappa shape index (κ2) is 4.96. The lowest BCUT2D eigenvalue weighted by molar-refractivity contribution is -0.121. The molecule has 4 heteroatoms. The van der Waals surface area contributed by atoms with Gasteiger partial charge in [-0.05, 0) is 11.6 Å². The zero-order valence-corrected chi connectivity index (χ0v) is 10.5. The quantitative estimate of drug-likeness (QED) is 0.723. The largest absolute Gasteiger partial charge is 0.417 e. The standard InChI is InChI=1S/C14H15F3O/c1-13(2,3)12(18)9-11(14(15,16)17)10-7-5-4-6-8-10/h4-9H,1-3H3. The van der Waals surface area contributed by atoms with Gasteiger partial charge in [-0.2, -0.15) is 13.2 Å². The molecule has 0 N–H and O–H groups in total. The normalized spacial score (nSPS) is 13.6. The maximum Gasteiger partial charge on any atom is 0.417 e. The molecule has 0 aliphatic rings. The van der Waals surface area contributed by atoms with E-state index in [-0.39, 0.29) is 5.56 Å². The Kier molecular flexibility index (Phi) is 3.99. The summed E-state index contributed by atoms with van der Waals surface area (Å²) < 4.78 is 38.8. The van der Waals surface area contributed by atoms with Crippen molar-refractivity contribution in [2.45, 2.75) is 26.9 Å². The van der Waals surface area contributed by atoms with Crippen molar-refractivity contribution in [3.8, 4) is 0 Å². The maximum absolute atomic E-state index is 12.9. The molecule has 0 aliphatic carbocycles. The van der Waals surface area contributed by atoms with E-state index < -0.39 is 22.9 Å². The van der Waals surface area contributed by atoms with Gasteiger partial charge in [0, 0.05) is 5.41 Å². The van der Waals surface area contributed by atoms with Crippen molar-refractivity contribution in [2.24, 2.45) is 5.41 Å². The zero-order chi connectivity index (χ0) is 14.0. The Labute approximate surface area is 104 Å². The van der Waals surface area contributed by atoms with Crippen LogP contribution in [0.25, 0.3) is 5.57 Å². The Bertz CT molecular complexity index is 450. The number of hydrogen-bond acceptors (Lipinski definition) is 1. The van der Waals surface area contributed by atoms with Gasteiger partial charge in [0.1, 0.15) is 0 Å². The van der Waals surface area contributed by atoms with Gasteiger partial charge < -0.3 is 0 Å². The van der Waals surface area contributed by atoms with E-state index in [2.05, 4.69) is 0 Å². The van der Waals surface area contributed by atoms with Crippen LogP contribution in [-0.2, 0) is 4.79 Å². The van der Waals surface area contributed by atoms with Crippen LogP contribution in [0.4, 0.5) is 13.2 Å². The van der Waals surface area contributed by atoms with E-state index in [4.69, 9.17) is 0 Å². The molecule has 0 saturated carbocycles. The highest BCUT2D eigenvalue weighted by molar-refractivity contribution is 6.00. The van der Waals surface area contributed by atoms with E-state index in [9.17, 15) is 18.0 Å². The average Bonchev–Trinajstić information content (AvgIpc) is 2.23. The highest BCUT2D eigenvalue weighted by Gasteiger charge is 2.36. The molecule has 1 aromatic carbocycles.